The fourth-order valence-electron chi connectivity index (χ4n) is 2.28. The molecule has 0 bridgehead atoms. The highest BCUT2D eigenvalue weighted by molar-refractivity contribution is 5.83. The molecule has 19 heavy (non-hydrogen) atoms. The van der Waals surface area contributed by atoms with Crippen LogP contribution in [0.4, 0.5) is 0 Å². The van der Waals surface area contributed by atoms with Crippen LogP contribution in [0, 0.1) is 0 Å². The zero-order chi connectivity index (χ0) is 13.7. The quantitative estimate of drug-likeness (QED) is 0.830. The van der Waals surface area contributed by atoms with E-state index in [-0.39, 0.29) is 6.04 Å². The first-order valence-corrected chi connectivity index (χ1v) is 6.62. The lowest BCUT2D eigenvalue weighted by Crippen LogP contribution is -2.24. The standard InChI is InChI=1S/C15H21N3O/c1-19-14-9-11-4-3-7-18-15(11)12(10-14)8-13(17)5-2-6-16/h3-4,7,9-10,13H,2,5-6,8,16-17H2,1H3. The molecule has 4 nitrogen and oxygen atoms in total. The number of hydrogen-bond donors (Lipinski definition) is 2. The van der Waals surface area contributed by atoms with E-state index in [1.165, 1.54) is 0 Å². The monoisotopic (exact) mass is 259 g/mol. The highest BCUT2D eigenvalue weighted by Gasteiger charge is 2.10. The molecule has 2 rings (SSSR count). The Morgan fingerprint density at radius 2 is 2.21 bits per heavy atom. The summed E-state index contributed by atoms with van der Waals surface area (Å²) in [7, 11) is 1.68. The van der Waals surface area contributed by atoms with E-state index in [0.717, 1.165) is 41.5 Å². The lowest BCUT2D eigenvalue weighted by molar-refractivity contribution is 0.414. The van der Waals surface area contributed by atoms with Gasteiger partial charge in [0.2, 0.25) is 0 Å². The number of rotatable bonds is 6. The molecular weight excluding hydrogens is 238 g/mol. The van der Waals surface area contributed by atoms with Crippen LogP contribution in [0.15, 0.2) is 30.5 Å². The zero-order valence-corrected chi connectivity index (χ0v) is 11.3. The van der Waals surface area contributed by atoms with Crippen molar-refractivity contribution in [3.63, 3.8) is 0 Å². The molecule has 4 heteroatoms. The second-order valence-electron chi connectivity index (χ2n) is 4.76. The molecule has 0 aliphatic carbocycles. The molecule has 1 aromatic heterocycles. The molecule has 0 spiro atoms. The van der Waals surface area contributed by atoms with E-state index in [0.29, 0.717) is 6.54 Å². The normalized spacial score (nSPS) is 12.6. The van der Waals surface area contributed by atoms with Gasteiger partial charge in [-0.15, -0.1) is 0 Å². The molecule has 1 heterocycles. The minimum atomic E-state index is 0.112. The van der Waals surface area contributed by atoms with E-state index in [4.69, 9.17) is 16.2 Å². The Morgan fingerprint density at radius 3 is 2.95 bits per heavy atom. The Bertz CT molecular complexity index is 542. The maximum absolute atomic E-state index is 6.15. The van der Waals surface area contributed by atoms with E-state index < -0.39 is 0 Å². The molecule has 0 aliphatic rings. The zero-order valence-electron chi connectivity index (χ0n) is 11.3. The van der Waals surface area contributed by atoms with Crippen LogP contribution >= 0.6 is 0 Å². The largest absolute Gasteiger partial charge is 0.497 e. The van der Waals surface area contributed by atoms with Gasteiger partial charge in [-0.3, -0.25) is 4.98 Å². The second-order valence-corrected chi connectivity index (χ2v) is 4.76. The first kappa shape index (κ1) is 13.8. The molecule has 0 amide bonds. The van der Waals surface area contributed by atoms with Crippen molar-refractivity contribution in [2.24, 2.45) is 11.5 Å². The van der Waals surface area contributed by atoms with Crippen molar-refractivity contribution in [2.75, 3.05) is 13.7 Å². The number of aromatic nitrogens is 1. The Hall–Kier alpha value is -1.65. The SMILES string of the molecule is COc1cc(CC(N)CCCN)c2ncccc2c1. The van der Waals surface area contributed by atoms with Gasteiger partial charge in [0.15, 0.2) is 0 Å². The van der Waals surface area contributed by atoms with E-state index in [2.05, 4.69) is 4.98 Å². The van der Waals surface area contributed by atoms with Crippen LogP contribution in [0.1, 0.15) is 18.4 Å². The van der Waals surface area contributed by atoms with Gasteiger partial charge >= 0.3 is 0 Å². The molecule has 0 saturated carbocycles. The van der Waals surface area contributed by atoms with Gasteiger partial charge in [0.25, 0.3) is 0 Å². The summed E-state index contributed by atoms with van der Waals surface area (Å²) in [6.45, 7) is 0.685. The predicted molar refractivity (Wildman–Crippen MR) is 78.3 cm³/mol. The first-order valence-electron chi connectivity index (χ1n) is 6.62. The molecule has 102 valence electrons. The lowest BCUT2D eigenvalue weighted by Gasteiger charge is -2.14. The topological polar surface area (TPSA) is 74.2 Å². The summed E-state index contributed by atoms with van der Waals surface area (Å²) in [6.07, 6.45) is 4.49. The summed E-state index contributed by atoms with van der Waals surface area (Å²) in [4.78, 5) is 4.45. The number of methoxy groups -OCH3 is 1. The second kappa shape index (κ2) is 6.50. The van der Waals surface area contributed by atoms with Crippen LogP contribution in [0.5, 0.6) is 5.75 Å². The van der Waals surface area contributed by atoms with Crippen molar-refractivity contribution in [2.45, 2.75) is 25.3 Å². The average Bonchev–Trinajstić information content (AvgIpc) is 2.44. The summed E-state index contributed by atoms with van der Waals surface area (Å²) in [6, 6.07) is 8.11. The fourth-order valence-corrected chi connectivity index (χ4v) is 2.28. The van der Waals surface area contributed by atoms with Crippen molar-refractivity contribution >= 4 is 10.9 Å². The molecule has 0 aliphatic heterocycles. The number of fused-ring (bicyclic) bond motifs is 1. The van der Waals surface area contributed by atoms with Gasteiger partial charge in [-0.2, -0.15) is 0 Å². The van der Waals surface area contributed by atoms with Gasteiger partial charge in [0.1, 0.15) is 5.75 Å². The van der Waals surface area contributed by atoms with Crippen molar-refractivity contribution in [1.82, 2.24) is 4.98 Å². The Morgan fingerprint density at radius 1 is 1.37 bits per heavy atom. The summed E-state index contributed by atoms with van der Waals surface area (Å²) in [5.74, 6) is 0.849. The van der Waals surface area contributed by atoms with Crippen molar-refractivity contribution in [1.29, 1.82) is 0 Å². The number of ether oxygens (including phenoxy) is 1. The molecule has 4 N–H and O–H groups in total. The van der Waals surface area contributed by atoms with Crippen LogP contribution in [0.3, 0.4) is 0 Å². The Kier molecular flexibility index (Phi) is 4.71. The minimum absolute atomic E-state index is 0.112. The van der Waals surface area contributed by atoms with Crippen molar-refractivity contribution < 1.29 is 4.74 Å². The Balaban J connectivity index is 2.29. The van der Waals surface area contributed by atoms with E-state index >= 15 is 0 Å². The maximum Gasteiger partial charge on any atom is 0.119 e. The number of nitrogens with zero attached hydrogens (tertiary/aromatic N) is 1. The summed E-state index contributed by atoms with van der Waals surface area (Å²) >= 11 is 0. The van der Waals surface area contributed by atoms with E-state index in [1.807, 2.05) is 30.5 Å². The van der Waals surface area contributed by atoms with Crippen molar-refractivity contribution in [3.05, 3.63) is 36.0 Å². The summed E-state index contributed by atoms with van der Waals surface area (Å²) in [5, 5.41) is 1.09. The molecule has 1 aromatic carbocycles. The molecular formula is C15H21N3O. The third-order valence-corrected chi connectivity index (χ3v) is 3.25. The highest BCUT2D eigenvalue weighted by atomic mass is 16.5. The summed E-state index contributed by atoms with van der Waals surface area (Å²) in [5.41, 5.74) is 13.8. The fraction of sp³-hybridized carbons (Fsp3) is 0.400. The van der Waals surface area contributed by atoms with Gasteiger partial charge in [0, 0.05) is 17.6 Å². The smallest absolute Gasteiger partial charge is 0.119 e. The first-order chi connectivity index (χ1) is 9.24. The molecule has 0 fully saturated rings. The van der Waals surface area contributed by atoms with E-state index in [1.54, 1.807) is 7.11 Å². The van der Waals surface area contributed by atoms with Crippen LogP contribution in [0.25, 0.3) is 10.9 Å². The Labute approximate surface area is 113 Å². The van der Waals surface area contributed by atoms with Gasteiger partial charge in [-0.1, -0.05) is 6.07 Å². The van der Waals surface area contributed by atoms with Gasteiger partial charge in [-0.25, -0.2) is 0 Å². The number of nitrogens with two attached hydrogens (primary N) is 2. The van der Waals surface area contributed by atoms with Crippen LogP contribution < -0.4 is 16.2 Å². The highest BCUT2D eigenvalue weighted by Crippen LogP contribution is 2.24. The van der Waals surface area contributed by atoms with Gasteiger partial charge in [0.05, 0.1) is 12.6 Å². The third-order valence-electron chi connectivity index (χ3n) is 3.25. The average molecular weight is 259 g/mol. The molecule has 1 atom stereocenters. The minimum Gasteiger partial charge on any atom is -0.497 e. The lowest BCUT2D eigenvalue weighted by atomic mass is 9.99. The number of hydrogen-bond acceptors (Lipinski definition) is 4. The molecule has 0 saturated heterocycles. The number of benzene rings is 1. The maximum atomic E-state index is 6.15. The predicted octanol–water partition coefficient (Wildman–Crippen LogP) is 1.85. The van der Waals surface area contributed by atoms with Crippen LogP contribution in [0.2, 0.25) is 0 Å². The van der Waals surface area contributed by atoms with Gasteiger partial charge < -0.3 is 16.2 Å². The van der Waals surface area contributed by atoms with Crippen molar-refractivity contribution in [3.8, 4) is 5.75 Å². The molecule has 2 aromatic rings. The molecule has 0 radical (unpaired) electrons. The summed E-state index contributed by atoms with van der Waals surface area (Å²) < 4.78 is 5.34. The molecule has 1 unspecified atom stereocenters. The number of pyridine rings is 1. The van der Waals surface area contributed by atoms with E-state index in [9.17, 15) is 0 Å². The van der Waals surface area contributed by atoms with Crippen LogP contribution in [-0.4, -0.2) is 24.7 Å². The third kappa shape index (κ3) is 3.43. The van der Waals surface area contributed by atoms with Gasteiger partial charge in [-0.05, 0) is 49.6 Å². The van der Waals surface area contributed by atoms with Crippen LogP contribution in [-0.2, 0) is 6.42 Å².